The van der Waals surface area contributed by atoms with E-state index in [1.807, 2.05) is 20.0 Å². The SMILES string of the molecule is CCCc1cc(NC(=O)C(N)CCC)n(C)n1. The van der Waals surface area contributed by atoms with Crippen LogP contribution in [0.1, 0.15) is 38.8 Å². The number of hydrogen-bond acceptors (Lipinski definition) is 3. The number of carbonyl (C=O) groups excluding carboxylic acids is 1. The average Bonchev–Trinajstić information content (AvgIpc) is 2.60. The molecule has 1 aromatic heterocycles. The summed E-state index contributed by atoms with van der Waals surface area (Å²) in [6.45, 7) is 4.11. The van der Waals surface area contributed by atoms with Gasteiger partial charge in [-0.15, -0.1) is 0 Å². The summed E-state index contributed by atoms with van der Waals surface area (Å²) in [5, 5.41) is 7.13. The van der Waals surface area contributed by atoms with Crippen molar-refractivity contribution in [2.45, 2.75) is 45.6 Å². The molecule has 0 bridgehead atoms. The van der Waals surface area contributed by atoms with Crippen molar-refractivity contribution < 1.29 is 4.79 Å². The number of rotatable bonds is 6. The molecule has 0 aliphatic heterocycles. The van der Waals surface area contributed by atoms with Gasteiger partial charge in [0.15, 0.2) is 0 Å². The first-order valence-corrected chi connectivity index (χ1v) is 6.17. The molecule has 0 spiro atoms. The second kappa shape index (κ2) is 6.39. The summed E-state index contributed by atoms with van der Waals surface area (Å²) in [7, 11) is 1.82. The molecular weight excluding hydrogens is 216 g/mol. The fourth-order valence-electron chi connectivity index (χ4n) is 1.68. The lowest BCUT2D eigenvalue weighted by molar-refractivity contribution is -0.117. The number of aromatic nitrogens is 2. The van der Waals surface area contributed by atoms with Crippen LogP contribution in [0.5, 0.6) is 0 Å². The predicted octanol–water partition coefficient (Wildman–Crippen LogP) is 1.44. The van der Waals surface area contributed by atoms with Crippen molar-refractivity contribution in [3.05, 3.63) is 11.8 Å². The highest BCUT2D eigenvalue weighted by atomic mass is 16.2. The second-order valence-corrected chi connectivity index (χ2v) is 4.28. The predicted molar refractivity (Wildman–Crippen MR) is 68.7 cm³/mol. The summed E-state index contributed by atoms with van der Waals surface area (Å²) in [6.07, 6.45) is 3.57. The third-order valence-electron chi connectivity index (χ3n) is 2.62. The van der Waals surface area contributed by atoms with Gasteiger partial charge in [0.2, 0.25) is 5.91 Å². The number of aryl methyl sites for hydroxylation is 2. The van der Waals surface area contributed by atoms with Crippen molar-refractivity contribution in [3.8, 4) is 0 Å². The van der Waals surface area contributed by atoms with E-state index in [1.54, 1.807) is 4.68 Å². The van der Waals surface area contributed by atoms with Crippen LogP contribution in [-0.2, 0) is 18.3 Å². The van der Waals surface area contributed by atoms with Gasteiger partial charge < -0.3 is 11.1 Å². The lowest BCUT2D eigenvalue weighted by Crippen LogP contribution is -2.35. The molecule has 1 heterocycles. The third kappa shape index (κ3) is 3.85. The normalized spacial score (nSPS) is 12.5. The van der Waals surface area contributed by atoms with E-state index < -0.39 is 6.04 Å². The summed E-state index contributed by atoms with van der Waals surface area (Å²) < 4.78 is 1.68. The first-order valence-electron chi connectivity index (χ1n) is 6.17. The Labute approximate surface area is 102 Å². The zero-order valence-electron chi connectivity index (χ0n) is 10.9. The number of hydrogen-bond donors (Lipinski definition) is 2. The molecule has 3 N–H and O–H groups in total. The van der Waals surface area contributed by atoms with E-state index in [0.717, 1.165) is 25.0 Å². The van der Waals surface area contributed by atoms with E-state index in [-0.39, 0.29) is 5.91 Å². The van der Waals surface area contributed by atoms with Gasteiger partial charge in [-0.2, -0.15) is 5.10 Å². The highest BCUT2D eigenvalue weighted by Crippen LogP contribution is 2.11. The number of nitrogens with two attached hydrogens (primary N) is 1. The highest BCUT2D eigenvalue weighted by molar-refractivity contribution is 5.93. The smallest absolute Gasteiger partial charge is 0.242 e. The monoisotopic (exact) mass is 238 g/mol. The van der Waals surface area contributed by atoms with Gasteiger partial charge in [-0.05, 0) is 12.8 Å². The number of nitrogens with one attached hydrogen (secondary N) is 1. The van der Waals surface area contributed by atoms with Crippen molar-refractivity contribution in [3.63, 3.8) is 0 Å². The van der Waals surface area contributed by atoms with Gasteiger partial charge >= 0.3 is 0 Å². The van der Waals surface area contributed by atoms with Crippen LogP contribution in [0.3, 0.4) is 0 Å². The molecule has 0 aliphatic rings. The van der Waals surface area contributed by atoms with E-state index in [9.17, 15) is 4.79 Å². The van der Waals surface area contributed by atoms with E-state index in [2.05, 4.69) is 17.3 Å². The summed E-state index contributed by atoms with van der Waals surface area (Å²) in [4.78, 5) is 11.7. The fraction of sp³-hybridized carbons (Fsp3) is 0.667. The molecule has 0 fully saturated rings. The Morgan fingerprint density at radius 1 is 1.53 bits per heavy atom. The van der Waals surface area contributed by atoms with Crippen molar-refractivity contribution in [1.82, 2.24) is 9.78 Å². The summed E-state index contributed by atoms with van der Waals surface area (Å²) in [5.74, 6) is 0.572. The van der Waals surface area contributed by atoms with Crippen LogP contribution in [0, 0.1) is 0 Å². The summed E-state index contributed by atoms with van der Waals surface area (Å²) in [6, 6.07) is 1.46. The third-order valence-corrected chi connectivity index (χ3v) is 2.62. The Balaban J connectivity index is 2.64. The average molecular weight is 238 g/mol. The van der Waals surface area contributed by atoms with E-state index >= 15 is 0 Å². The van der Waals surface area contributed by atoms with Gasteiger partial charge in [-0.3, -0.25) is 9.48 Å². The van der Waals surface area contributed by atoms with Crippen LogP contribution in [0.2, 0.25) is 0 Å². The Kier molecular flexibility index (Phi) is 5.15. The Morgan fingerprint density at radius 3 is 2.82 bits per heavy atom. The largest absolute Gasteiger partial charge is 0.320 e. The van der Waals surface area contributed by atoms with Crippen molar-refractivity contribution in [1.29, 1.82) is 0 Å². The molecule has 96 valence electrons. The van der Waals surface area contributed by atoms with E-state index in [4.69, 9.17) is 5.73 Å². The molecule has 0 saturated heterocycles. The first-order chi connectivity index (χ1) is 8.08. The van der Waals surface area contributed by atoms with Crippen molar-refractivity contribution >= 4 is 11.7 Å². The molecule has 1 aromatic rings. The van der Waals surface area contributed by atoms with Crippen molar-refractivity contribution in [2.75, 3.05) is 5.32 Å². The van der Waals surface area contributed by atoms with Gasteiger partial charge in [0.1, 0.15) is 5.82 Å². The van der Waals surface area contributed by atoms with Crippen LogP contribution >= 0.6 is 0 Å². The molecule has 0 aromatic carbocycles. The fourth-order valence-corrected chi connectivity index (χ4v) is 1.68. The minimum absolute atomic E-state index is 0.141. The van der Waals surface area contributed by atoms with Gasteiger partial charge in [0, 0.05) is 13.1 Å². The minimum Gasteiger partial charge on any atom is -0.320 e. The van der Waals surface area contributed by atoms with Crippen LogP contribution in [-0.4, -0.2) is 21.7 Å². The molecule has 1 unspecified atom stereocenters. The quantitative estimate of drug-likeness (QED) is 0.787. The standard InChI is InChI=1S/C12H22N4O/c1-4-6-9-8-11(16(3)15-9)14-12(17)10(13)7-5-2/h8,10H,4-7,13H2,1-3H3,(H,14,17). The highest BCUT2D eigenvalue weighted by Gasteiger charge is 2.14. The second-order valence-electron chi connectivity index (χ2n) is 4.28. The molecule has 17 heavy (non-hydrogen) atoms. The Morgan fingerprint density at radius 2 is 2.24 bits per heavy atom. The number of amides is 1. The maximum Gasteiger partial charge on any atom is 0.242 e. The van der Waals surface area contributed by atoms with E-state index in [0.29, 0.717) is 12.2 Å². The molecule has 0 radical (unpaired) electrons. The Hall–Kier alpha value is -1.36. The van der Waals surface area contributed by atoms with Gasteiger partial charge in [-0.1, -0.05) is 26.7 Å². The van der Waals surface area contributed by atoms with Crippen LogP contribution in [0.25, 0.3) is 0 Å². The van der Waals surface area contributed by atoms with Crippen molar-refractivity contribution in [2.24, 2.45) is 12.8 Å². The first kappa shape index (κ1) is 13.7. The lowest BCUT2D eigenvalue weighted by Gasteiger charge is -2.10. The van der Waals surface area contributed by atoms with E-state index in [1.165, 1.54) is 0 Å². The molecule has 1 atom stereocenters. The zero-order valence-corrected chi connectivity index (χ0v) is 10.9. The topological polar surface area (TPSA) is 72.9 Å². The van der Waals surface area contributed by atoms with Gasteiger partial charge in [-0.25, -0.2) is 0 Å². The summed E-state index contributed by atoms with van der Waals surface area (Å²) in [5.41, 5.74) is 6.74. The summed E-state index contributed by atoms with van der Waals surface area (Å²) >= 11 is 0. The molecule has 5 heteroatoms. The molecule has 5 nitrogen and oxygen atoms in total. The number of anilines is 1. The molecule has 0 saturated carbocycles. The van der Waals surface area contributed by atoms with Crippen LogP contribution in [0.4, 0.5) is 5.82 Å². The van der Waals surface area contributed by atoms with Gasteiger partial charge in [0.05, 0.1) is 11.7 Å². The maximum absolute atomic E-state index is 11.7. The van der Waals surface area contributed by atoms with Crippen LogP contribution in [0.15, 0.2) is 6.07 Å². The maximum atomic E-state index is 11.7. The molecule has 1 amide bonds. The Bertz CT molecular complexity index is 373. The van der Waals surface area contributed by atoms with Gasteiger partial charge in [0.25, 0.3) is 0 Å². The molecular formula is C12H22N4O. The molecule has 1 rings (SSSR count). The molecule has 0 aliphatic carbocycles. The lowest BCUT2D eigenvalue weighted by atomic mass is 10.2. The number of carbonyl (C=O) groups is 1. The van der Waals surface area contributed by atoms with Crippen LogP contribution < -0.4 is 11.1 Å². The minimum atomic E-state index is -0.440. The zero-order chi connectivity index (χ0) is 12.8. The number of nitrogens with zero attached hydrogens (tertiary/aromatic N) is 2.